The quantitative estimate of drug-likeness (QED) is 0.596. The molecule has 6 nitrogen and oxygen atoms in total. The standard InChI is InChI=1S/C21H30N2O4/c1-5-14-9-6-7-10-15(14)18-19(23(25)26)16(21(2,3)4)13-22(18)20(24)17-11-8-12-27-17/h6-7,9-10,16-19H,5,8,11-13H2,1-4H3/t16?,17-,18?,19?/m0/s1. The number of ether oxygens (including phenoxy) is 1. The smallest absolute Gasteiger partial charge is 0.252 e. The zero-order valence-electron chi connectivity index (χ0n) is 16.7. The average molecular weight is 374 g/mol. The highest BCUT2D eigenvalue weighted by atomic mass is 16.6. The summed E-state index contributed by atoms with van der Waals surface area (Å²) in [6.45, 7) is 9.10. The van der Waals surface area contributed by atoms with Gasteiger partial charge in [-0.25, -0.2) is 0 Å². The minimum atomic E-state index is -0.817. The number of likely N-dealkylation sites (tertiary alicyclic amines) is 1. The fraction of sp³-hybridized carbons (Fsp3) is 0.667. The molecule has 0 N–H and O–H groups in total. The third kappa shape index (κ3) is 3.72. The van der Waals surface area contributed by atoms with Crippen LogP contribution >= 0.6 is 0 Å². The van der Waals surface area contributed by atoms with E-state index < -0.39 is 18.2 Å². The van der Waals surface area contributed by atoms with Crippen molar-refractivity contribution in [2.24, 2.45) is 11.3 Å². The Morgan fingerprint density at radius 2 is 2.04 bits per heavy atom. The molecule has 3 unspecified atom stereocenters. The van der Waals surface area contributed by atoms with Crippen LogP contribution in [0.15, 0.2) is 24.3 Å². The molecule has 1 aromatic carbocycles. The van der Waals surface area contributed by atoms with E-state index in [0.29, 0.717) is 19.6 Å². The van der Waals surface area contributed by atoms with E-state index in [1.165, 1.54) is 0 Å². The summed E-state index contributed by atoms with van der Waals surface area (Å²) in [6, 6.07) is 6.45. The van der Waals surface area contributed by atoms with Gasteiger partial charge in [0.15, 0.2) is 0 Å². The number of carbonyl (C=O) groups excluding carboxylic acids is 1. The first-order valence-corrected chi connectivity index (χ1v) is 9.89. The molecule has 4 atom stereocenters. The molecule has 0 bridgehead atoms. The van der Waals surface area contributed by atoms with E-state index in [2.05, 4.69) is 0 Å². The SMILES string of the molecule is CCc1ccccc1C1C([N+](=O)[O-])C(C(C)(C)C)CN1C(=O)[C@@H]1CCCO1. The first-order chi connectivity index (χ1) is 12.8. The minimum Gasteiger partial charge on any atom is -0.368 e. The number of carbonyl (C=O) groups is 1. The van der Waals surface area contributed by atoms with Crippen LogP contribution in [0.25, 0.3) is 0 Å². The van der Waals surface area contributed by atoms with Crippen molar-refractivity contribution in [2.45, 2.75) is 65.1 Å². The topological polar surface area (TPSA) is 72.7 Å². The van der Waals surface area contributed by atoms with Gasteiger partial charge in [-0.05, 0) is 35.8 Å². The van der Waals surface area contributed by atoms with Crippen LogP contribution in [0, 0.1) is 21.4 Å². The molecule has 6 heteroatoms. The van der Waals surface area contributed by atoms with E-state index >= 15 is 0 Å². The molecule has 1 aromatic rings. The van der Waals surface area contributed by atoms with E-state index in [9.17, 15) is 14.9 Å². The molecule has 2 saturated heterocycles. The van der Waals surface area contributed by atoms with E-state index in [1.54, 1.807) is 4.90 Å². The van der Waals surface area contributed by atoms with Crippen LogP contribution in [0.1, 0.15) is 57.7 Å². The summed E-state index contributed by atoms with van der Waals surface area (Å²) in [5.41, 5.74) is 1.69. The fourth-order valence-electron chi connectivity index (χ4n) is 4.57. The molecule has 27 heavy (non-hydrogen) atoms. The number of amides is 1. The van der Waals surface area contributed by atoms with Crippen molar-refractivity contribution < 1.29 is 14.5 Å². The molecule has 0 spiro atoms. The number of nitro groups is 1. The van der Waals surface area contributed by atoms with Crippen LogP contribution in [0.5, 0.6) is 0 Å². The Labute approximate surface area is 161 Å². The van der Waals surface area contributed by atoms with Crippen LogP contribution in [0.3, 0.4) is 0 Å². The van der Waals surface area contributed by atoms with Gasteiger partial charge in [-0.1, -0.05) is 52.0 Å². The maximum atomic E-state index is 13.2. The first kappa shape index (κ1) is 19.8. The van der Waals surface area contributed by atoms with Gasteiger partial charge in [0.1, 0.15) is 12.1 Å². The summed E-state index contributed by atoms with van der Waals surface area (Å²) < 4.78 is 5.62. The van der Waals surface area contributed by atoms with Gasteiger partial charge in [-0.15, -0.1) is 0 Å². The van der Waals surface area contributed by atoms with Crippen LogP contribution < -0.4 is 0 Å². The van der Waals surface area contributed by atoms with Crippen molar-refractivity contribution in [3.8, 4) is 0 Å². The number of hydrogen-bond donors (Lipinski definition) is 0. The van der Waals surface area contributed by atoms with Crippen molar-refractivity contribution in [1.82, 2.24) is 4.90 Å². The molecule has 1 amide bonds. The first-order valence-electron chi connectivity index (χ1n) is 9.89. The molecule has 0 aliphatic carbocycles. The predicted octanol–water partition coefficient (Wildman–Crippen LogP) is 3.62. The monoisotopic (exact) mass is 374 g/mol. The highest BCUT2D eigenvalue weighted by molar-refractivity contribution is 5.82. The molecule has 3 rings (SSSR count). The number of benzene rings is 1. The molecule has 148 valence electrons. The van der Waals surface area contributed by atoms with Gasteiger partial charge >= 0.3 is 0 Å². The summed E-state index contributed by atoms with van der Waals surface area (Å²) in [7, 11) is 0. The summed E-state index contributed by atoms with van der Waals surface area (Å²) in [4.78, 5) is 27.0. The number of nitrogens with zero attached hydrogens (tertiary/aromatic N) is 2. The average Bonchev–Trinajstić information content (AvgIpc) is 3.28. The second-order valence-corrected chi connectivity index (χ2v) is 8.74. The van der Waals surface area contributed by atoms with E-state index in [0.717, 1.165) is 24.0 Å². The van der Waals surface area contributed by atoms with Crippen molar-refractivity contribution in [1.29, 1.82) is 0 Å². The molecule has 0 radical (unpaired) electrons. The normalized spacial score (nSPS) is 28.5. The minimum absolute atomic E-state index is 0.0954. The van der Waals surface area contributed by atoms with E-state index in [-0.39, 0.29) is 22.2 Å². The molecule has 2 fully saturated rings. The Hall–Kier alpha value is -1.95. The Morgan fingerprint density at radius 3 is 2.59 bits per heavy atom. The Morgan fingerprint density at radius 1 is 1.33 bits per heavy atom. The van der Waals surface area contributed by atoms with E-state index in [4.69, 9.17) is 4.74 Å². The van der Waals surface area contributed by atoms with Crippen molar-refractivity contribution in [2.75, 3.05) is 13.2 Å². The molecule has 2 aliphatic heterocycles. The maximum Gasteiger partial charge on any atom is 0.252 e. The molecular formula is C21H30N2O4. The number of aryl methyl sites for hydroxylation is 1. The third-order valence-corrected chi connectivity index (χ3v) is 6.06. The number of rotatable bonds is 4. The van der Waals surface area contributed by atoms with Gasteiger partial charge in [0.25, 0.3) is 5.91 Å². The fourth-order valence-corrected chi connectivity index (χ4v) is 4.57. The summed E-state index contributed by atoms with van der Waals surface area (Å²) in [5, 5.41) is 12.2. The Kier molecular flexibility index (Phi) is 5.56. The van der Waals surface area contributed by atoms with Gasteiger partial charge in [0, 0.05) is 18.1 Å². The zero-order chi connectivity index (χ0) is 19.8. The molecule has 0 aromatic heterocycles. The second-order valence-electron chi connectivity index (χ2n) is 8.74. The predicted molar refractivity (Wildman–Crippen MR) is 103 cm³/mol. The van der Waals surface area contributed by atoms with Crippen molar-refractivity contribution >= 4 is 5.91 Å². The molecule has 2 aliphatic rings. The largest absolute Gasteiger partial charge is 0.368 e. The lowest BCUT2D eigenvalue weighted by atomic mass is 9.76. The lowest BCUT2D eigenvalue weighted by Crippen LogP contribution is -2.41. The van der Waals surface area contributed by atoms with Crippen LogP contribution in [-0.2, 0) is 16.0 Å². The van der Waals surface area contributed by atoms with Gasteiger partial charge < -0.3 is 9.64 Å². The van der Waals surface area contributed by atoms with Gasteiger partial charge in [0.2, 0.25) is 6.04 Å². The van der Waals surface area contributed by atoms with Crippen molar-refractivity contribution in [3.63, 3.8) is 0 Å². The third-order valence-electron chi connectivity index (χ3n) is 6.06. The van der Waals surface area contributed by atoms with Crippen LogP contribution in [0.4, 0.5) is 0 Å². The van der Waals surface area contributed by atoms with Gasteiger partial charge in [0.05, 0.1) is 5.92 Å². The van der Waals surface area contributed by atoms with Crippen LogP contribution in [0.2, 0.25) is 0 Å². The second kappa shape index (κ2) is 7.58. The van der Waals surface area contributed by atoms with Gasteiger partial charge in [-0.2, -0.15) is 0 Å². The zero-order valence-corrected chi connectivity index (χ0v) is 16.7. The van der Waals surface area contributed by atoms with E-state index in [1.807, 2.05) is 52.0 Å². The highest BCUT2D eigenvalue weighted by Gasteiger charge is 2.56. The number of hydrogen-bond acceptors (Lipinski definition) is 4. The lowest BCUT2D eigenvalue weighted by Gasteiger charge is -2.29. The summed E-state index contributed by atoms with van der Waals surface area (Å²) >= 11 is 0. The highest BCUT2D eigenvalue weighted by Crippen LogP contribution is 2.46. The summed E-state index contributed by atoms with van der Waals surface area (Å²) in [6.07, 6.45) is 1.87. The van der Waals surface area contributed by atoms with Crippen molar-refractivity contribution in [3.05, 3.63) is 45.5 Å². The molecule has 2 heterocycles. The Bertz CT molecular complexity index is 706. The van der Waals surface area contributed by atoms with Crippen LogP contribution in [-0.4, -0.2) is 41.0 Å². The van der Waals surface area contributed by atoms with Gasteiger partial charge in [-0.3, -0.25) is 14.9 Å². The Balaban J connectivity index is 2.08. The molecular weight excluding hydrogens is 344 g/mol. The lowest BCUT2D eigenvalue weighted by molar-refractivity contribution is -0.536. The molecule has 0 saturated carbocycles. The summed E-state index contributed by atoms with van der Waals surface area (Å²) in [5.74, 6) is -0.310. The maximum absolute atomic E-state index is 13.2.